The maximum atomic E-state index is 14.8. The third-order valence-electron chi connectivity index (χ3n) is 6.13. The minimum Gasteiger partial charge on any atom is -0.481 e. The topological polar surface area (TPSA) is 115 Å². The Morgan fingerprint density at radius 1 is 1.39 bits per heavy atom. The van der Waals surface area contributed by atoms with Crippen LogP contribution in [0.1, 0.15) is 44.6 Å². The number of pyridine rings is 2. The molecule has 3 aromatic rings. The van der Waals surface area contributed by atoms with Gasteiger partial charge in [-0.25, -0.2) is 18.7 Å². The predicted octanol–water partition coefficient (Wildman–Crippen LogP) is 4.61. The van der Waals surface area contributed by atoms with E-state index in [4.69, 9.17) is 0 Å². The molecule has 31 heavy (non-hydrogen) atoms. The van der Waals surface area contributed by atoms with E-state index in [9.17, 15) is 23.9 Å². The van der Waals surface area contributed by atoms with E-state index in [0.717, 1.165) is 37.9 Å². The summed E-state index contributed by atoms with van der Waals surface area (Å²) in [6, 6.07) is 3.72. The van der Waals surface area contributed by atoms with Crippen molar-refractivity contribution >= 4 is 22.8 Å². The second kappa shape index (κ2) is 7.95. The van der Waals surface area contributed by atoms with Crippen molar-refractivity contribution in [3.63, 3.8) is 0 Å². The van der Waals surface area contributed by atoms with Gasteiger partial charge in [-0.1, -0.05) is 19.8 Å². The van der Waals surface area contributed by atoms with Gasteiger partial charge in [0.05, 0.1) is 23.9 Å². The highest BCUT2D eigenvalue weighted by atomic mass is 19.1. The van der Waals surface area contributed by atoms with Crippen LogP contribution in [0.2, 0.25) is 0 Å². The summed E-state index contributed by atoms with van der Waals surface area (Å²) in [7, 11) is 0. The molecular weight excluding hydrogens is 404 g/mol. The monoisotopic (exact) mass is 425 g/mol. The van der Waals surface area contributed by atoms with Crippen LogP contribution in [-0.2, 0) is 4.79 Å². The summed E-state index contributed by atoms with van der Waals surface area (Å²) < 4.78 is 28.6. The lowest BCUT2D eigenvalue weighted by Gasteiger charge is -2.34. The van der Waals surface area contributed by atoms with Gasteiger partial charge >= 0.3 is 5.97 Å². The van der Waals surface area contributed by atoms with Crippen LogP contribution in [0, 0.1) is 28.4 Å². The standard InChI is InChI=1S/C22H21F2N5O2/c1-22(4-2-3-5-22)17(8-18(30)31)28-21-16(24)6-12(9-25)19(29-21)15-11-27-20-14(15)7-13(23)10-26-20/h6-7,10-11,17H,2-5,8H2,1H3,(H,26,27)(H,28,29)(H,30,31)/t17-/m1/s1. The molecule has 0 aliphatic heterocycles. The lowest BCUT2D eigenvalue weighted by Crippen LogP contribution is -2.39. The molecule has 1 atom stereocenters. The smallest absolute Gasteiger partial charge is 0.305 e. The van der Waals surface area contributed by atoms with Gasteiger partial charge in [0.15, 0.2) is 11.6 Å². The largest absolute Gasteiger partial charge is 0.481 e. The van der Waals surface area contributed by atoms with Crippen molar-refractivity contribution in [1.29, 1.82) is 5.26 Å². The van der Waals surface area contributed by atoms with Crippen molar-refractivity contribution in [2.45, 2.75) is 45.1 Å². The fourth-order valence-corrected chi connectivity index (χ4v) is 4.40. The highest BCUT2D eigenvalue weighted by Crippen LogP contribution is 2.43. The first kappa shape index (κ1) is 20.7. The van der Waals surface area contributed by atoms with Crippen molar-refractivity contribution in [2.75, 3.05) is 5.32 Å². The van der Waals surface area contributed by atoms with Crippen LogP contribution in [0.3, 0.4) is 0 Å². The average molecular weight is 425 g/mol. The van der Waals surface area contributed by atoms with Crippen molar-refractivity contribution < 1.29 is 18.7 Å². The van der Waals surface area contributed by atoms with E-state index in [1.807, 2.05) is 13.0 Å². The molecule has 0 saturated heterocycles. The number of hydrogen-bond acceptors (Lipinski definition) is 5. The number of H-pyrrole nitrogens is 1. The van der Waals surface area contributed by atoms with E-state index >= 15 is 0 Å². The second-order valence-electron chi connectivity index (χ2n) is 8.23. The predicted molar refractivity (Wildman–Crippen MR) is 110 cm³/mol. The van der Waals surface area contributed by atoms with Crippen LogP contribution < -0.4 is 5.32 Å². The van der Waals surface area contributed by atoms with Gasteiger partial charge in [0.25, 0.3) is 0 Å². The molecule has 3 aromatic heterocycles. The van der Waals surface area contributed by atoms with E-state index in [2.05, 4.69) is 20.3 Å². The summed E-state index contributed by atoms with van der Waals surface area (Å²) in [5.74, 6) is -2.42. The first-order valence-corrected chi connectivity index (χ1v) is 10.0. The minimum absolute atomic E-state index is 0.0185. The number of carboxylic acid groups (broad SMARTS) is 1. The molecule has 1 saturated carbocycles. The lowest BCUT2D eigenvalue weighted by atomic mass is 9.79. The Morgan fingerprint density at radius 3 is 2.81 bits per heavy atom. The maximum absolute atomic E-state index is 14.8. The zero-order valence-corrected chi connectivity index (χ0v) is 16.9. The number of fused-ring (bicyclic) bond motifs is 1. The highest BCUT2D eigenvalue weighted by Gasteiger charge is 2.39. The van der Waals surface area contributed by atoms with Gasteiger partial charge in [0, 0.05) is 23.2 Å². The van der Waals surface area contributed by atoms with Gasteiger partial charge in [0.2, 0.25) is 0 Å². The lowest BCUT2D eigenvalue weighted by molar-refractivity contribution is -0.137. The molecule has 1 aliphatic rings. The normalized spacial score (nSPS) is 16.2. The van der Waals surface area contributed by atoms with Crippen molar-refractivity contribution in [3.05, 3.63) is 41.7 Å². The Labute approximate surface area is 177 Å². The number of hydrogen-bond donors (Lipinski definition) is 3. The molecule has 1 fully saturated rings. The van der Waals surface area contributed by atoms with Gasteiger partial charge in [-0.05, 0) is 30.4 Å². The van der Waals surface area contributed by atoms with E-state index < -0.39 is 23.6 Å². The van der Waals surface area contributed by atoms with Crippen molar-refractivity contribution in [1.82, 2.24) is 15.0 Å². The minimum atomic E-state index is -0.988. The van der Waals surface area contributed by atoms with Gasteiger partial charge in [-0.15, -0.1) is 0 Å². The van der Waals surface area contributed by atoms with E-state index in [0.29, 0.717) is 16.6 Å². The Hall–Kier alpha value is -3.54. The number of nitrogens with zero attached hydrogens (tertiary/aromatic N) is 3. The number of anilines is 1. The molecule has 0 unspecified atom stereocenters. The maximum Gasteiger partial charge on any atom is 0.305 e. The summed E-state index contributed by atoms with van der Waals surface area (Å²) in [4.78, 5) is 22.7. The number of aromatic nitrogens is 3. The SMILES string of the molecule is CC1([C@@H](CC(=O)O)Nc2nc(-c3c[nH]c4ncc(F)cc34)c(C#N)cc2F)CCCC1. The Balaban J connectivity index is 1.79. The van der Waals surface area contributed by atoms with Gasteiger partial charge in [0.1, 0.15) is 17.5 Å². The molecule has 0 spiro atoms. The van der Waals surface area contributed by atoms with Crippen LogP contribution in [0.15, 0.2) is 24.5 Å². The molecule has 0 aromatic carbocycles. The first-order valence-electron chi connectivity index (χ1n) is 10.0. The molecule has 0 amide bonds. The first-order chi connectivity index (χ1) is 14.8. The van der Waals surface area contributed by atoms with Crippen LogP contribution in [0.25, 0.3) is 22.3 Å². The summed E-state index contributed by atoms with van der Waals surface area (Å²) >= 11 is 0. The van der Waals surface area contributed by atoms with Crippen LogP contribution in [-0.4, -0.2) is 32.1 Å². The third kappa shape index (κ3) is 3.93. The number of halogens is 2. The fraction of sp³-hybridized carbons (Fsp3) is 0.364. The van der Waals surface area contributed by atoms with Gasteiger partial charge in [-0.3, -0.25) is 4.79 Å². The summed E-state index contributed by atoms with van der Waals surface area (Å²) in [6.07, 6.45) is 6.04. The molecule has 3 heterocycles. The Morgan fingerprint density at radius 2 is 2.13 bits per heavy atom. The van der Waals surface area contributed by atoms with Crippen molar-refractivity contribution in [3.8, 4) is 17.3 Å². The molecular formula is C22H21F2N5O2. The molecule has 9 heteroatoms. The van der Waals surface area contributed by atoms with Crippen LogP contribution in [0.4, 0.5) is 14.6 Å². The van der Waals surface area contributed by atoms with Gasteiger partial charge in [-0.2, -0.15) is 5.26 Å². The molecule has 3 N–H and O–H groups in total. The number of aromatic amines is 1. The number of nitriles is 1. The third-order valence-corrected chi connectivity index (χ3v) is 6.13. The zero-order valence-electron chi connectivity index (χ0n) is 16.9. The number of rotatable bonds is 6. The number of carbonyl (C=O) groups is 1. The quantitative estimate of drug-likeness (QED) is 0.531. The molecule has 0 radical (unpaired) electrons. The fourth-order valence-electron chi connectivity index (χ4n) is 4.40. The average Bonchev–Trinajstić information content (AvgIpc) is 3.35. The number of aliphatic carboxylic acids is 1. The molecule has 1 aliphatic carbocycles. The Kier molecular flexibility index (Phi) is 5.31. The zero-order chi connectivity index (χ0) is 22.2. The molecule has 0 bridgehead atoms. The summed E-state index contributed by atoms with van der Waals surface area (Å²) in [5.41, 5.74) is 0.645. The van der Waals surface area contributed by atoms with Crippen LogP contribution >= 0.6 is 0 Å². The molecule has 160 valence electrons. The second-order valence-corrected chi connectivity index (χ2v) is 8.23. The van der Waals surface area contributed by atoms with Crippen LogP contribution in [0.5, 0.6) is 0 Å². The highest BCUT2D eigenvalue weighted by molar-refractivity contribution is 5.94. The molecule has 7 nitrogen and oxygen atoms in total. The Bertz CT molecular complexity index is 1190. The van der Waals surface area contributed by atoms with E-state index in [1.165, 1.54) is 12.3 Å². The molecule has 4 rings (SSSR count). The van der Waals surface area contributed by atoms with E-state index in [-0.39, 0.29) is 28.9 Å². The number of carboxylic acids is 1. The van der Waals surface area contributed by atoms with Crippen molar-refractivity contribution in [2.24, 2.45) is 5.41 Å². The van der Waals surface area contributed by atoms with E-state index in [1.54, 1.807) is 0 Å². The number of nitrogens with one attached hydrogen (secondary N) is 2. The summed E-state index contributed by atoms with van der Waals surface area (Å²) in [6.45, 7) is 2.00. The van der Waals surface area contributed by atoms with Gasteiger partial charge < -0.3 is 15.4 Å². The summed E-state index contributed by atoms with van der Waals surface area (Å²) in [5, 5.41) is 22.3.